The number of para-hydroxylation sites is 3. The zero-order valence-electron chi connectivity index (χ0n) is 30.8. The van der Waals surface area contributed by atoms with Crippen molar-refractivity contribution in [3.8, 4) is 50.2 Å². The van der Waals surface area contributed by atoms with Gasteiger partial charge in [-0.25, -0.2) is 0 Å². The van der Waals surface area contributed by atoms with Crippen LogP contribution in [0.15, 0.2) is 231 Å². The molecule has 0 spiro atoms. The SMILES string of the molecule is c1ccc(-c2cc(-c3ccccc3)cc(-n3c4ccccc4c4cc(-c5cccc(-c6ccc(N(c7ccccc7)c7ccccc7)cc6)c5)ccc43)c2)cc1. The summed E-state index contributed by atoms with van der Waals surface area (Å²) in [6, 6.07) is 83.0. The summed E-state index contributed by atoms with van der Waals surface area (Å²) in [5.41, 5.74) is 16.5. The fourth-order valence-electron chi connectivity index (χ4n) is 8.05. The molecule has 2 heteroatoms. The molecule has 0 unspecified atom stereocenters. The maximum atomic E-state index is 2.43. The summed E-state index contributed by atoms with van der Waals surface area (Å²) in [5, 5.41) is 2.48. The van der Waals surface area contributed by atoms with Crippen LogP contribution >= 0.6 is 0 Å². The van der Waals surface area contributed by atoms with E-state index in [4.69, 9.17) is 0 Å². The van der Waals surface area contributed by atoms with Crippen molar-refractivity contribution in [3.63, 3.8) is 0 Å². The van der Waals surface area contributed by atoms with Gasteiger partial charge in [-0.1, -0.05) is 152 Å². The summed E-state index contributed by atoms with van der Waals surface area (Å²) in [5.74, 6) is 0. The number of fused-ring (bicyclic) bond motifs is 3. The van der Waals surface area contributed by atoms with Crippen molar-refractivity contribution in [1.82, 2.24) is 4.57 Å². The smallest absolute Gasteiger partial charge is 0.0541 e. The Kier molecular flexibility index (Phi) is 8.55. The van der Waals surface area contributed by atoms with Gasteiger partial charge in [-0.2, -0.15) is 0 Å². The molecule has 0 aliphatic rings. The van der Waals surface area contributed by atoms with Gasteiger partial charge in [0.15, 0.2) is 0 Å². The molecule has 10 aromatic rings. The van der Waals surface area contributed by atoms with Crippen LogP contribution in [0.3, 0.4) is 0 Å². The molecule has 0 saturated carbocycles. The van der Waals surface area contributed by atoms with Crippen molar-refractivity contribution in [2.24, 2.45) is 0 Å². The monoisotopic (exact) mass is 714 g/mol. The van der Waals surface area contributed by atoms with Gasteiger partial charge in [0.25, 0.3) is 0 Å². The van der Waals surface area contributed by atoms with E-state index in [1.807, 2.05) is 0 Å². The van der Waals surface area contributed by atoms with Gasteiger partial charge in [-0.3, -0.25) is 0 Å². The van der Waals surface area contributed by atoms with Crippen LogP contribution in [-0.4, -0.2) is 4.57 Å². The molecule has 9 aromatic carbocycles. The maximum absolute atomic E-state index is 2.43. The van der Waals surface area contributed by atoms with Crippen LogP contribution in [0.2, 0.25) is 0 Å². The summed E-state index contributed by atoms with van der Waals surface area (Å²) >= 11 is 0. The molecule has 0 saturated heterocycles. The first-order valence-electron chi connectivity index (χ1n) is 19.2. The lowest BCUT2D eigenvalue weighted by molar-refractivity contribution is 1.18. The topological polar surface area (TPSA) is 8.17 Å². The van der Waals surface area contributed by atoms with Gasteiger partial charge in [0, 0.05) is 33.5 Å². The van der Waals surface area contributed by atoms with E-state index >= 15 is 0 Å². The number of anilines is 3. The Bertz CT molecular complexity index is 2830. The molecule has 0 radical (unpaired) electrons. The molecule has 0 amide bonds. The summed E-state index contributed by atoms with van der Waals surface area (Å²) in [4.78, 5) is 2.30. The van der Waals surface area contributed by atoms with Gasteiger partial charge < -0.3 is 9.47 Å². The first-order valence-corrected chi connectivity index (χ1v) is 19.2. The fraction of sp³-hybridized carbons (Fsp3) is 0. The average Bonchev–Trinajstić information content (AvgIpc) is 3.62. The Labute approximate surface area is 327 Å². The van der Waals surface area contributed by atoms with Crippen LogP contribution in [0, 0.1) is 0 Å². The molecule has 0 bridgehead atoms. The van der Waals surface area contributed by atoms with Gasteiger partial charge in [0.1, 0.15) is 0 Å². The molecule has 0 fully saturated rings. The predicted molar refractivity (Wildman–Crippen MR) is 237 cm³/mol. The van der Waals surface area contributed by atoms with Gasteiger partial charge in [0.05, 0.1) is 11.0 Å². The van der Waals surface area contributed by atoms with Gasteiger partial charge >= 0.3 is 0 Å². The summed E-state index contributed by atoms with van der Waals surface area (Å²) in [6.07, 6.45) is 0. The minimum Gasteiger partial charge on any atom is -0.311 e. The molecule has 10 rings (SSSR count). The van der Waals surface area contributed by atoms with Crippen molar-refractivity contribution >= 4 is 38.9 Å². The standard InChI is InChI=1S/C54H38N2/c1-5-16-39(17-6-1)45-35-46(40-18-7-2-8-19-40)37-50(36-45)56-53-27-14-13-26-51(53)52-38-44(30-33-54(52)56)43-21-15-20-42(34-43)41-28-31-49(32-29-41)55(47-22-9-3-10-23-47)48-24-11-4-12-25-48/h1-38H. The van der Waals surface area contributed by atoms with Gasteiger partial charge in [-0.05, 0) is 123 Å². The number of benzene rings is 9. The van der Waals surface area contributed by atoms with Crippen LogP contribution < -0.4 is 4.90 Å². The summed E-state index contributed by atoms with van der Waals surface area (Å²) in [7, 11) is 0. The lowest BCUT2D eigenvalue weighted by Crippen LogP contribution is -2.09. The lowest BCUT2D eigenvalue weighted by Gasteiger charge is -2.25. The molecular weight excluding hydrogens is 677 g/mol. The fourth-order valence-corrected chi connectivity index (χ4v) is 8.05. The van der Waals surface area contributed by atoms with E-state index in [1.165, 1.54) is 66.3 Å². The van der Waals surface area contributed by atoms with Gasteiger partial charge in [-0.15, -0.1) is 0 Å². The lowest BCUT2D eigenvalue weighted by atomic mass is 9.97. The van der Waals surface area contributed by atoms with Crippen molar-refractivity contribution in [2.45, 2.75) is 0 Å². The van der Waals surface area contributed by atoms with Crippen molar-refractivity contribution in [3.05, 3.63) is 231 Å². The molecule has 0 aliphatic carbocycles. The van der Waals surface area contributed by atoms with Gasteiger partial charge in [0.2, 0.25) is 0 Å². The van der Waals surface area contributed by atoms with Crippen LogP contribution in [-0.2, 0) is 0 Å². The third-order valence-electron chi connectivity index (χ3n) is 10.7. The van der Waals surface area contributed by atoms with E-state index in [9.17, 15) is 0 Å². The normalized spacial score (nSPS) is 11.2. The Hall–Kier alpha value is -7.42. The molecule has 1 heterocycles. The van der Waals surface area contributed by atoms with E-state index in [0.29, 0.717) is 0 Å². The number of nitrogens with zero attached hydrogens (tertiary/aromatic N) is 2. The highest BCUT2D eigenvalue weighted by Crippen LogP contribution is 2.39. The highest BCUT2D eigenvalue weighted by molar-refractivity contribution is 6.10. The van der Waals surface area contributed by atoms with Crippen molar-refractivity contribution in [1.29, 1.82) is 0 Å². The van der Waals surface area contributed by atoms with Crippen LogP contribution in [0.1, 0.15) is 0 Å². The highest BCUT2D eigenvalue weighted by Gasteiger charge is 2.16. The molecular formula is C54H38N2. The largest absolute Gasteiger partial charge is 0.311 e. The Balaban J connectivity index is 1.04. The molecule has 264 valence electrons. The van der Waals surface area contributed by atoms with Crippen LogP contribution in [0.4, 0.5) is 17.1 Å². The first kappa shape index (κ1) is 33.2. The first-order chi connectivity index (χ1) is 27.8. The second-order valence-electron chi connectivity index (χ2n) is 14.2. The molecule has 2 nitrogen and oxygen atoms in total. The molecule has 0 aliphatic heterocycles. The number of rotatable bonds is 8. The average molecular weight is 715 g/mol. The Morgan fingerprint density at radius 3 is 1.27 bits per heavy atom. The molecule has 1 aromatic heterocycles. The van der Waals surface area contributed by atoms with Crippen molar-refractivity contribution in [2.75, 3.05) is 4.90 Å². The predicted octanol–water partition coefficient (Wildman–Crippen LogP) is 14.9. The van der Waals surface area contributed by atoms with E-state index in [-0.39, 0.29) is 0 Å². The number of aromatic nitrogens is 1. The third-order valence-corrected chi connectivity index (χ3v) is 10.7. The van der Waals surface area contributed by atoms with E-state index in [2.05, 4.69) is 240 Å². The Morgan fingerprint density at radius 2 is 0.661 bits per heavy atom. The van der Waals surface area contributed by atoms with Crippen LogP contribution in [0.5, 0.6) is 0 Å². The second-order valence-corrected chi connectivity index (χ2v) is 14.2. The molecule has 0 N–H and O–H groups in total. The van der Waals surface area contributed by atoms with E-state index in [1.54, 1.807) is 0 Å². The van der Waals surface area contributed by atoms with E-state index in [0.717, 1.165) is 22.7 Å². The summed E-state index contributed by atoms with van der Waals surface area (Å²) in [6.45, 7) is 0. The molecule has 0 atom stereocenters. The maximum Gasteiger partial charge on any atom is 0.0541 e. The minimum atomic E-state index is 1.12. The quantitative estimate of drug-likeness (QED) is 0.152. The zero-order valence-corrected chi connectivity index (χ0v) is 30.8. The van der Waals surface area contributed by atoms with Crippen LogP contribution in [0.25, 0.3) is 72.0 Å². The summed E-state index contributed by atoms with van der Waals surface area (Å²) < 4.78 is 2.43. The molecule has 56 heavy (non-hydrogen) atoms. The van der Waals surface area contributed by atoms with E-state index < -0.39 is 0 Å². The second kappa shape index (κ2) is 14.4. The number of hydrogen-bond donors (Lipinski definition) is 0. The zero-order chi connectivity index (χ0) is 37.3. The highest BCUT2D eigenvalue weighted by atomic mass is 15.1. The number of hydrogen-bond acceptors (Lipinski definition) is 1. The van der Waals surface area contributed by atoms with Crippen molar-refractivity contribution < 1.29 is 0 Å². The Morgan fingerprint density at radius 1 is 0.250 bits per heavy atom. The third kappa shape index (κ3) is 6.24. The minimum absolute atomic E-state index is 1.12.